The van der Waals surface area contributed by atoms with Gasteiger partial charge in [-0.1, -0.05) is 36.7 Å². The zero-order chi connectivity index (χ0) is 20.4. The molecule has 2 aromatic carbocycles. The molecule has 0 saturated heterocycles. The zero-order valence-electron chi connectivity index (χ0n) is 15.3. The minimum absolute atomic E-state index is 0.0847. The van der Waals surface area contributed by atoms with Crippen molar-refractivity contribution in [2.24, 2.45) is 0 Å². The van der Waals surface area contributed by atoms with E-state index in [0.717, 1.165) is 0 Å². The van der Waals surface area contributed by atoms with Crippen molar-refractivity contribution in [2.45, 2.75) is 25.2 Å². The van der Waals surface area contributed by atoms with Crippen LogP contribution in [-0.4, -0.2) is 31.3 Å². The lowest BCUT2D eigenvalue weighted by Gasteiger charge is -2.35. The lowest BCUT2D eigenvalue weighted by molar-refractivity contribution is -0.123. The molecule has 0 fully saturated rings. The summed E-state index contributed by atoms with van der Waals surface area (Å²) in [6.45, 7) is 1.75. The monoisotopic (exact) mass is 401 g/mol. The highest BCUT2D eigenvalue weighted by molar-refractivity contribution is 6.32. The van der Waals surface area contributed by atoms with Gasteiger partial charge in [-0.25, -0.2) is 17.6 Å². The SMILES string of the molecule is CCC(=O)C(CCN(C)C)(c1ccccc1Cl)c1c(F)c(F)cc(F)c1F. The molecule has 146 valence electrons. The highest BCUT2D eigenvalue weighted by Crippen LogP contribution is 2.44. The first-order chi connectivity index (χ1) is 12.7. The second kappa shape index (κ2) is 8.40. The van der Waals surface area contributed by atoms with Gasteiger partial charge in [0.15, 0.2) is 23.3 Å². The summed E-state index contributed by atoms with van der Waals surface area (Å²) in [5.74, 6) is -6.88. The van der Waals surface area contributed by atoms with E-state index in [-0.39, 0.29) is 36.0 Å². The van der Waals surface area contributed by atoms with E-state index < -0.39 is 40.0 Å². The summed E-state index contributed by atoms with van der Waals surface area (Å²) in [4.78, 5) is 14.8. The number of nitrogens with zero attached hydrogens (tertiary/aromatic N) is 1. The van der Waals surface area contributed by atoms with E-state index in [0.29, 0.717) is 0 Å². The number of hydrogen-bond acceptors (Lipinski definition) is 2. The molecule has 1 unspecified atom stereocenters. The van der Waals surface area contributed by atoms with Crippen molar-refractivity contribution in [1.29, 1.82) is 0 Å². The second-order valence-electron chi connectivity index (χ2n) is 6.56. The molecule has 0 bridgehead atoms. The fourth-order valence-corrected chi connectivity index (χ4v) is 3.57. The highest BCUT2D eigenvalue weighted by Gasteiger charge is 2.47. The molecule has 0 aliphatic heterocycles. The Balaban J connectivity index is 2.97. The molecule has 27 heavy (non-hydrogen) atoms. The summed E-state index contributed by atoms with van der Waals surface area (Å²) < 4.78 is 57.6. The Labute approximate surface area is 160 Å². The molecule has 0 saturated carbocycles. The number of rotatable bonds is 7. The molecule has 0 amide bonds. The van der Waals surface area contributed by atoms with Gasteiger partial charge in [0.2, 0.25) is 0 Å². The Morgan fingerprint density at radius 3 is 2.11 bits per heavy atom. The molecule has 0 aliphatic carbocycles. The summed E-state index contributed by atoms with van der Waals surface area (Å²) in [6.07, 6.45) is -0.206. The van der Waals surface area contributed by atoms with Crippen molar-refractivity contribution in [3.63, 3.8) is 0 Å². The van der Waals surface area contributed by atoms with E-state index in [1.54, 1.807) is 31.1 Å². The zero-order valence-corrected chi connectivity index (χ0v) is 16.0. The molecule has 2 nitrogen and oxygen atoms in total. The van der Waals surface area contributed by atoms with Gasteiger partial charge in [-0.15, -0.1) is 0 Å². The summed E-state index contributed by atoms with van der Waals surface area (Å²) in [5, 5.41) is 0.0847. The molecule has 0 aliphatic rings. The summed E-state index contributed by atoms with van der Waals surface area (Å²) in [7, 11) is 3.43. The molecular formula is C20H20ClF4NO. The van der Waals surface area contributed by atoms with Crippen LogP contribution in [0.5, 0.6) is 0 Å². The lowest BCUT2D eigenvalue weighted by Crippen LogP contribution is -2.42. The third kappa shape index (κ3) is 3.87. The number of benzene rings is 2. The molecule has 1 atom stereocenters. The molecule has 0 aromatic heterocycles. The minimum atomic E-state index is -1.96. The van der Waals surface area contributed by atoms with Crippen LogP contribution in [-0.2, 0) is 10.2 Å². The quantitative estimate of drug-likeness (QED) is 0.474. The van der Waals surface area contributed by atoms with E-state index in [1.165, 1.54) is 19.1 Å². The van der Waals surface area contributed by atoms with Crippen molar-refractivity contribution in [2.75, 3.05) is 20.6 Å². The topological polar surface area (TPSA) is 20.3 Å². The van der Waals surface area contributed by atoms with Gasteiger partial charge in [0.05, 0.1) is 5.41 Å². The van der Waals surface area contributed by atoms with Crippen LogP contribution in [0.25, 0.3) is 0 Å². The highest BCUT2D eigenvalue weighted by atomic mass is 35.5. The Kier molecular flexibility index (Phi) is 6.65. The molecule has 0 spiro atoms. The van der Waals surface area contributed by atoms with Gasteiger partial charge >= 0.3 is 0 Å². The normalized spacial score (nSPS) is 13.7. The summed E-state index contributed by atoms with van der Waals surface area (Å²) >= 11 is 6.26. The van der Waals surface area contributed by atoms with Gasteiger partial charge in [-0.3, -0.25) is 4.79 Å². The van der Waals surface area contributed by atoms with Crippen LogP contribution >= 0.6 is 11.6 Å². The minimum Gasteiger partial charge on any atom is -0.309 e. The molecular weight excluding hydrogens is 382 g/mol. The average Bonchev–Trinajstić information content (AvgIpc) is 2.63. The maximum Gasteiger partial charge on any atom is 0.166 e. The average molecular weight is 402 g/mol. The number of hydrogen-bond donors (Lipinski definition) is 0. The van der Waals surface area contributed by atoms with Crippen LogP contribution < -0.4 is 0 Å². The molecule has 2 rings (SSSR count). The number of carbonyl (C=O) groups is 1. The Morgan fingerprint density at radius 1 is 1.07 bits per heavy atom. The molecule has 2 aromatic rings. The second-order valence-corrected chi connectivity index (χ2v) is 6.97. The Morgan fingerprint density at radius 2 is 1.63 bits per heavy atom. The van der Waals surface area contributed by atoms with Crippen LogP contribution in [0.1, 0.15) is 30.9 Å². The fourth-order valence-electron chi connectivity index (χ4n) is 3.27. The van der Waals surface area contributed by atoms with Crippen molar-refractivity contribution in [3.8, 4) is 0 Å². The van der Waals surface area contributed by atoms with Crippen LogP contribution in [0.4, 0.5) is 17.6 Å². The predicted molar refractivity (Wildman–Crippen MR) is 97.0 cm³/mol. The Hall–Kier alpha value is -1.92. The number of Topliss-reactive ketones (excluding diaryl/α,β-unsaturated/α-hetero) is 1. The van der Waals surface area contributed by atoms with E-state index in [9.17, 15) is 22.4 Å². The van der Waals surface area contributed by atoms with Crippen molar-refractivity contribution in [1.82, 2.24) is 4.90 Å². The summed E-state index contributed by atoms with van der Waals surface area (Å²) in [5.41, 5.74) is -2.79. The first kappa shape index (κ1) is 21.4. The van der Waals surface area contributed by atoms with Crippen LogP contribution in [0.2, 0.25) is 5.02 Å². The van der Waals surface area contributed by atoms with Crippen LogP contribution in [0.3, 0.4) is 0 Å². The summed E-state index contributed by atoms with van der Waals surface area (Å²) in [6, 6.07) is 6.20. The van der Waals surface area contributed by atoms with Gasteiger partial charge in [-0.2, -0.15) is 0 Å². The van der Waals surface area contributed by atoms with Gasteiger partial charge in [-0.05, 0) is 38.7 Å². The van der Waals surface area contributed by atoms with Gasteiger partial charge in [0.25, 0.3) is 0 Å². The van der Waals surface area contributed by atoms with E-state index in [4.69, 9.17) is 11.6 Å². The third-order valence-electron chi connectivity index (χ3n) is 4.60. The number of ketones is 1. The van der Waals surface area contributed by atoms with Crippen molar-refractivity contribution in [3.05, 3.63) is 69.8 Å². The van der Waals surface area contributed by atoms with Gasteiger partial charge in [0.1, 0.15) is 5.78 Å². The largest absolute Gasteiger partial charge is 0.309 e. The third-order valence-corrected chi connectivity index (χ3v) is 4.93. The van der Waals surface area contributed by atoms with E-state index in [1.807, 2.05) is 0 Å². The smallest absolute Gasteiger partial charge is 0.166 e. The first-order valence-corrected chi connectivity index (χ1v) is 8.81. The van der Waals surface area contributed by atoms with E-state index >= 15 is 0 Å². The van der Waals surface area contributed by atoms with Crippen molar-refractivity contribution >= 4 is 17.4 Å². The van der Waals surface area contributed by atoms with Crippen LogP contribution in [0.15, 0.2) is 30.3 Å². The van der Waals surface area contributed by atoms with Gasteiger partial charge < -0.3 is 4.90 Å². The molecule has 0 heterocycles. The van der Waals surface area contributed by atoms with Gasteiger partial charge in [0, 0.05) is 23.1 Å². The maximum absolute atomic E-state index is 14.8. The maximum atomic E-state index is 14.8. The van der Waals surface area contributed by atoms with Crippen LogP contribution in [0, 0.1) is 23.3 Å². The predicted octanol–water partition coefficient (Wildman–Crippen LogP) is 5.11. The standard InChI is InChI=1S/C20H20ClF4NO/c1-4-16(27)20(9-10-26(2)3,12-7-5-6-8-13(12)21)17-18(24)14(22)11-15(23)19(17)25/h5-8,11H,4,9-10H2,1-3H3. The first-order valence-electron chi connectivity index (χ1n) is 8.43. The number of halogens is 5. The van der Waals surface area contributed by atoms with Crippen molar-refractivity contribution < 1.29 is 22.4 Å². The fraction of sp³-hybridized carbons (Fsp3) is 0.350. The van der Waals surface area contributed by atoms with E-state index in [2.05, 4.69) is 0 Å². The number of carbonyl (C=O) groups excluding carboxylic acids is 1. The molecule has 0 radical (unpaired) electrons. The lowest BCUT2D eigenvalue weighted by atomic mass is 9.67. The molecule has 7 heteroatoms. The molecule has 0 N–H and O–H groups in total. The Bertz CT molecular complexity index is 830.